The first-order chi connectivity index (χ1) is 9.88. The lowest BCUT2D eigenvalue weighted by atomic mass is 10.1. The summed E-state index contributed by atoms with van der Waals surface area (Å²) in [4.78, 5) is 3.45. The quantitative estimate of drug-likeness (QED) is 0.742. The number of rotatable bonds is 3. The molecule has 0 bridgehead atoms. The summed E-state index contributed by atoms with van der Waals surface area (Å²) in [5.74, 6) is 0. The van der Waals surface area contributed by atoms with E-state index < -0.39 is 0 Å². The van der Waals surface area contributed by atoms with Crippen molar-refractivity contribution in [3.8, 4) is 28.6 Å². The van der Waals surface area contributed by atoms with Gasteiger partial charge in [0.05, 0.1) is 18.2 Å². The highest BCUT2D eigenvalue weighted by atomic mass is 14.7. The molecule has 2 aromatic carbocycles. The van der Waals surface area contributed by atoms with E-state index in [2.05, 4.69) is 41.4 Å². The summed E-state index contributed by atoms with van der Waals surface area (Å²) in [6.07, 6.45) is 0.410. The van der Waals surface area contributed by atoms with Crippen molar-refractivity contribution >= 4 is 0 Å². The zero-order valence-corrected chi connectivity index (χ0v) is 11.0. The second-order valence-electron chi connectivity index (χ2n) is 4.65. The Morgan fingerprint density at radius 2 is 1.45 bits per heavy atom. The van der Waals surface area contributed by atoms with Crippen molar-refractivity contribution < 1.29 is 0 Å². The van der Waals surface area contributed by atoms with E-state index in [-0.39, 0.29) is 0 Å². The molecular formula is C18H14N2. The molecule has 0 amide bonds. The van der Waals surface area contributed by atoms with Gasteiger partial charge in [-0.3, -0.25) is 0 Å². The van der Waals surface area contributed by atoms with Crippen LogP contribution in [-0.2, 0) is 6.42 Å². The van der Waals surface area contributed by atoms with Crippen molar-refractivity contribution in [3.05, 3.63) is 72.3 Å². The topological polar surface area (TPSA) is 39.6 Å². The van der Waals surface area contributed by atoms with Crippen LogP contribution in [0.3, 0.4) is 0 Å². The van der Waals surface area contributed by atoms with Gasteiger partial charge in [0.2, 0.25) is 0 Å². The molecule has 0 atom stereocenters. The Bertz CT molecular complexity index is 734. The predicted octanol–water partition coefficient (Wildman–Crippen LogP) is 4.41. The van der Waals surface area contributed by atoms with Crippen LogP contribution in [0.15, 0.2) is 66.7 Å². The average Bonchev–Trinajstić information content (AvgIpc) is 2.94. The first-order valence-electron chi connectivity index (χ1n) is 6.58. The first kappa shape index (κ1) is 12.3. The van der Waals surface area contributed by atoms with E-state index in [1.54, 1.807) is 0 Å². The van der Waals surface area contributed by atoms with E-state index >= 15 is 0 Å². The number of hydrogen-bond donors (Lipinski definition) is 1. The fourth-order valence-electron chi connectivity index (χ4n) is 2.36. The van der Waals surface area contributed by atoms with Crippen LogP contribution < -0.4 is 0 Å². The van der Waals surface area contributed by atoms with Crippen LogP contribution in [0.25, 0.3) is 22.5 Å². The van der Waals surface area contributed by atoms with E-state index in [9.17, 15) is 0 Å². The van der Waals surface area contributed by atoms with E-state index in [1.807, 2.05) is 36.4 Å². The van der Waals surface area contributed by atoms with Crippen LogP contribution >= 0.6 is 0 Å². The summed E-state index contributed by atoms with van der Waals surface area (Å²) in [5.41, 5.74) is 5.37. The number of nitrogens with one attached hydrogen (secondary N) is 1. The molecule has 0 aliphatic rings. The summed E-state index contributed by atoms with van der Waals surface area (Å²) >= 11 is 0. The first-order valence-corrected chi connectivity index (χ1v) is 6.58. The minimum absolute atomic E-state index is 0.410. The lowest BCUT2D eigenvalue weighted by Crippen LogP contribution is -1.84. The normalized spacial score (nSPS) is 10.2. The molecule has 3 rings (SSSR count). The average molecular weight is 258 g/mol. The monoisotopic (exact) mass is 258 g/mol. The Hall–Kier alpha value is -2.79. The summed E-state index contributed by atoms with van der Waals surface area (Å²) in [5, 5.41) is 9.01. The van der Waals surface area contributed by atoms with Gasteiger partial charge in [0.15, 0.2) is 0 Å². The largest absolute Gasteiger partial charge is 0.354 e. The Kier molecular flexibility index (Phi) is 3.34. The molecule has 0 saturated heterocycles. The number of H-pyrrole nitrogens is 1. The molecule has 96 valence electrons. The Morgan fingerprint density at radius 3 is 2.05 bits per heavy atom. The molecule has 0 spiro atoms. The lowest BCUT2D eigenvalue weighted by Gasteiger charge is -2.01. The molecule has 0 radical (unpaired) electrons. The van der Waals surface area contributed by atoms with Gasteiger partial charge in [0.1, 0.15) is 0 Å². The van der Waals surface area contributed by atoms with Gasteiger partial charge in [-0.1, -0.05) is 60.7 Å². The van der Waals surface area contributed by atoms with Gasteiger partial charge < -0.3 is 4.98 Å². The van der Waals surface area contributed by atoms with Gasteiger partial charge in [-0.05, 0) is 22.8 Å². The van der Waals surface area contributed by atoms with Crippen LogP contribution in [0.4, 0.5) is 0 Å². The minimum atomic E-state index is 0.410. The fourth-order valence-corrected chi connectivity index (χ4v) is 2.36. The second kappa shape index (κ2) is 5.46. The predicted molar refractivity (Wildman–Crippen MR) is 81.0 cm³/mol. The van der Waals surface area contributed by atoms with Crippen LogP contribution in [0.5, 0.6) is 0 Å². The second-order valence-corrected chi connectivity index (χ2v) is 4.65. The number of hydrogen-bond acceptors (Lipinski definition) is 1. The standard InChI is InChI=1S/C18H14N2/c19-12-11-16-13-17(14-7-3-1-4-8-14)20-18(16)15-9-5-2-6-10-15/h1-10,13,20H,11H2. The molecular weight excluding hydrogens is 244 g/mol. The Balaban J connectivity index is 2.11. The maximum atomic E-state index is 9.01. The maximum Gasteiger partial charge on any atom is 0.0670 e. The third-order valence-electron chi connectivity index (χ3n) is 3.32. The molecule has 0 saturated carbocycles. The van der Waals surface area contributed by atoms with Gasteiger partial charge in [0, 0.05) is 5.69 Å². The van der Waals surface area contributed by atoms with Gasteiger partial charge in [-0.25, -0.2) is 0 Å². The van der Waals surface area contributed by atoms with Crippen molar-refractivity contribution in [1.82, 2.24) is 4.98 Å². The van der Waals surface area contributed by atoms with Gasteiger partial charge >= 0.3 is 0 Å². The smallest absolute Gasteiger partial charge is 0.0670 e. The SMILES string of the molecule is N#CCc1cc(-c2ccccc2)[nH]c1-c1ccccc1. The Morgan fingerprint density at radius 1 is 0.850 bits per heavy atom. The molecule has 0 unspecified atom stereocenters. The van der Waals surface area contributed by atoms with Gasteiger partial charge in [-0.2, -0.15) is 5.26 Å². The molecule has 2 nitrogen and oxygen atoms in total. The zero-order valence-electron chi connectivity index (χ0n) is 11.0. The molecule has 1 aromatic heterocycles. The van der Waals surface area contributed by atoms with E-state index in [1.165, 1.54) is 0 Å². The van der Waals surface area contributed by atoms with Gasteiger partial charge in [0.25, 0.3) is 0 Å². The number of aromatic nitrogens is 1. The number of benzene rings is 2. The highest BCUT2D eigenvalue weighted by Crippen LogP contribution is 2.29. The summed E-state index contributed by atoms with van der Waals surface area (Å²) in [6.45, 7) is 0. The van der Waals surface area contributed by atoms with Crippen LogP contribution in [0.1, 0.15) is 5.56 Å². The fraction of sp³-hybridized carbons (Fsp3) is 0.0556. The highest BCUT2D eigenvalue weighted by Gasteiger charge is 2.10. The molecule has 3 aromatic rings. The molecule has 0 aliphatic heterocycles. The van der Waals surface area contributed by atoms with Crippen molar-refractivity contribution in [1.29, 1.82) is 5.26 Å². The van der Waals surface area contributed by atoms with Crippen LogP contribution in [0.2, 0.25) is 0 Å². The third kappa shape index (κ3) is 2.34. The number of nitrogens with zero attached hydrogens (tertiary/aromatic N) is 1. The highest BCUT2D eigenvalue weighted by molar-refractivity contribution is 5.72. The van der Waals surface area contributed by atoms with Crippen LogP contribution in [-0.4, -0.2) is 4.98 Å². The zero-order chi connectivity index (χ0) is 13.8. The summed E-state index contributed by atoms with van der Waals surface area (Å²) < 4.78 is 0. The van der Waals surface area contributed by atoms with E-state index in [0.29, 0.717) is 6.42 Å². The molecule has 1 heterocycles. The van der Waals surface area contributed by atoms with Crippen molar-refractivity contribution in [3.63, 3.8) is 0 Å². The molecule has 0 fully saturated rings. The van der Waals surface area contributed by atoms with Crippen molar-refractivity contribution in [2.75, 3.05) is 0 Å². The molecule has 1 N–H and O–H groups in total. The van der Waals surface area contributed by atoms with Crippen molar-refractivity contribution in [2.45, 2.75) is 6.42 Å². The summed E-state index contributed by atoms with van der Waals surface area (Å²) in [6, 6.07) is 24.6. The van der Waals surface area contributed by atoms with Crippen LogP contribution in [0, 0.1) is 11.3 Å². The minimum Gasteiger partial charge on any atom is -0.354 e. The van der Waals surface area contributed by atoms with Crippen molar-refractivity contribution in [2.24, 2.45) is 0 Å². The molecule has 0 aliphatic carbocycles. The molecule has 20 heavy (non-hydrogen) atoms. The third-order valence-corrected chi connectivity index (χ3v) is 3.32. The van der Waals surface area contributed by atoms with E-state index in [0.717, 1.165) is 28.1 Å². The summed E-state index contributed by atoms with van der Waals surface area (Å²) in [7, 11) is 0. The van der Waals surface area contributed by atoms with E-state index in [4.69, 9.17) is 5.26 Å². The lowest BCUT2D eigenvalue weighted by molar-refractivity contribution is 1.26. The number of aromatic amines is 1. The Labute approximate surface area is 118 Å². The maximum absolute atomic E-state index is 9.01. The molecule has 2 heteroatoms. The number of nitriles is 1. The van der Waals surface area contributed by atoms with Gasteiger partial charge in [-0.15, -0.1) is 0 Å².